The molecule has 1 nitrogen and oxygen atoms in total. The fraction of sp³-hybridized carbons (Fsp3) is 0.182. The Balaban J connectivity index is 3.21. The molecule has 0 fully saturated rings. The van der Waals surface area contributed by atoms with Gasteiger partial charge in [-0.25, -0.2) is 0 Å². The van der Waals surface area contributed by atoms with Gasteiger partial charge in [-0.15, -0.1) is 0 Å². The zero-order valence-electron chi connectivity index (χ0n) is 7.73. The molecule has 0 radical (unpaired) electrons. The molecule has 68 valence electrons. The Morgan fingerprint density at radius 3 is 2.62 bits per heavy atom. The van der Waals surface area contributed by atoms with E-state index in [0.29, 0.717) is 11.1 Å². The highest BCUT2D eigenvalue weighted by Crippen LogP contribution is 2.20. The second-order valence-corrected chi connectivity index (χ2v) is 3.95. The minimum atomic E-state index is -0.00410. The topological polar surface area (TPSA) is 17.1 Å². The number of allylic oxidation sites excluding steroid dienone is 1. The van der Waals surface area contributed by atoms with Crippen LogP contribution in [0.25, 0.3) is 0 Å². The average Bonchev–Trinajstić information content (AvgIpc) is 2.08. The molecule has 0 unspecified atom stereocenters. The highest BCUT2D eigenvalue weighted by atomic mass is 79.9. The Labute approximate surface area is 86.6 Å². The van der Waals surface area contributed by atoms with Crippen LogP contribution in [0.2, 0.25) is 0 Å². The third-order valence-corrected chi connectivity index (χ3v) is 2.45. The number of Topliss-reactive ketones (excluding diaryl/α,β-unsaturated/α-hetero) is 1. The largest absolute Gasteiger partial charge is 0.289 e. The van der Waals surface area contributed by atoms with Gasteiger partial charge >= 0.3 is 0 Å². The molecule has 1 aromatic carbocycles. The highest BCUT2D eigenvalue weighted by molar-refractivity contribution is 9.10. The van der Waals surface area contributed by atoms with Crippen molar-refractivity contribution >= 4 is 21.7 Å². The standard InChI is InChI=1S/C11H11BrO/c1-7(2)11(13)9-6-8(3)4-5-10(9)12/h4-6H,1H2,2-3H3. The summed E-state index contributed by atoms with van der Waals surface area (Å²) in [5, 5.41) is 0. The van der Waals surface area contributed by atoms with Crippen molar-refractivity contribution in [1.82, 2.24) is 0 Å². The number of carbonyl (C=O) groups is 1. The summed E-state index contributed by atoms with van der Waals surface area (Å²) < 4.78 is 0.825. The number of halogens is 1. The molecule has 0 saturated heterocycles. The van der Waals surface area contributed by atoms with Crippen molar-refractivity contribution in [3.05, 3.63) is 46.0 Å². The highest BCUT2D eigenvalue weighted by Gasteiger charge is 2.09. The van der Waals surface area contributed by atoms with Gasteiger partial charge in [0.05, 0.1) is 0 Å². The predicted octanol–water partition coefficient (Wildman–Crippen LogP) is 3.52. The van der Waals surface area contributed by atoms with Crippen molar-refractivity contribution in [2.24, 2.45) is 0 Å². The van der Waals surface area contributed by atoms with Crippen molar-refractivity contribution in [3.63, 3.8) is 0 Å². The molecule has 2 heteroatoms. The average molecular weight is 239 g/mol. The molecule has 0 heterocycles. The van der Waals surface area contributed by atoms with Gasteiger partial charge in [-0.1, -0.05) is 34.1 Å². The number of benzene rings is 1. The van der Waals surface area contributed by atoms with Crippen LogP contribution < -0.4 is 0 Å². The van der Waals surface area contributed by atoms with E-state index in [4.69, 9.17) is 0 Å². The number of hydrogen-bond acceptors (Lipinski definition) is 1. The Bertz CT molecular complexity index is 366. The van der Waals surface area contributed by atoms with Gasteiger partial charge in [0, 0.05) is 10.0 Å². The SMILES string of the molecule is C=C(C)C(=O)c1cc(C)ccc1Br. The molecule has 0 aromatic heterocycles. The van der Waals surface area contributed by atoms with Gasteiger partial charge in [0.15, 0.2) is 5.78 Å². The van der Waals surface area contributed by atoms with E-state index in [2.05, 4.69) is 22.5 Å². The van der Waals surface area contributed by atoms with Gasteiger partial charge in [-0.2, -0.15) is 0 Å². The van der Waals surface area contributed by atoms with E-state index in [0.717, 1.165) is 10.0 Å². The van der Waals surface area contributed by atoms with Crippen LogP contribution in [-0.2, 0) is 0 Å². The van der Waals surface area contributed by atoms with Crippen LogP contribution in [0.15, 0.2) is 34.8 Å². The first-order chi connectivity index (χ1) is 6.02. The van der Waals surface area contributed by atoms with Gasteiger partial charge in [-0.3, -0.25) is 4.79 Å². The van der Waals surface area contributed by atoms with Crippen LogP contribution in [0.4, 0.5) is 0 Å². The normalized spacial score (nSPS) is 9.77. The zero-order valence-corrected chi connectivity index (χ0v) is 9.31. The summed E-state index contributed by atoms with van der Waals surface area (Å²) in [5.41, 5.74) is 2.33. The van der Waals surface area contributed by atoms with Gasteiger partial charge in [0.25, 0.3) is 0 Å². The van der Waals surface area contributed by atoms with Crippen LogP contribution in [0.1, 0.15) is 22.8 Å². The quantitative estimate of drug-likeness (QED) is 0.570. The molecule has 0 N–H and O–H groups in total. The fourth-order valence-electron chi connectivity index (χ4n) is 1.04. The smallest absolute Gasteiger partial charge is 0.189 e. The summed E-state index contributed by atoms with van der Waals surface area (Å²) in [6.07, 6.45) is 0. The first-order valence-electron chi connectivity index (χ1n) is 3.98. The molecule has 0 aliphatic heterocycles. The summed E-state index contributed by atoms with van der Waals surface area (Å²) in [5.74, 6) is -0.00410. The molecule has 1 aromatic rings. The molecular formula is C11H11BrO. The minimum Gasteiger partial charge on any atom is -0.289 e. The summed E-state index contributed by atoms with van der Waals surface area (Å²) in [4.78, 5) is 11.6. The van der Waals surface area contributed by atoms with E-state index >= 15 is 0 Å². The summed E-state index contributed by atoms with van der Waals surface area (Å²) in [6.45, 7) is 7.31. The number of aryl methyl sites for hydroxylation is 1. The minimum absolute atomic E-state index is 0.00410. The van der Waals surface area contributed by atoms with E-state index in [1.54, 1.807) is 6.92 Å². The van der Waals surface area contributed by atoms with E-state index < -0.39 is 0 Å². The Morgan fingerprint density at radius 1 is 1.46 bits per heavy atom. The Kier molecular flexibility index (Phi) is 3.04. The number of rotatable bonds is 2. The maximum Gasteiger partial charge on any atom is 0.189 e. The summed E-state index contributed by atoms with van der Waals surface area (Å²) in [6, 6.07) is 5.70. The summed E-state index contributed by atoms with van der Waals surface area (Å²) >= 11 is 3.34. The summed E-state index contributed by atoms with van der Waals surface area (Å²) in [7, 11) is 0. The van der Waals surface area contributed by atoms with Crippen LogP contribution in [0, 0.1) is 6.92 Å². The maximum atomic E-state index is 11.6. The second kappa shape index (κ2) is 3.88. The van der Waals surface area contributed by atoms with E-state index in [9.17, 15) is 4.79 Å². The third kappa shape index (κ3) is 2.28. The molecule has 0 aliphatic carbocycles. The number of ketones is 1. The number of hydrogen-bond donors (Lipinski definition) is 0. The van der Waals surface area contributed by atoms with Crippen molar-refractivity contribution in [2.45, 2.75) is 13.8 Å². The Morgan fingerprint density at radius 2 is 2.08 bits per heavy atom. The number of carbonyl (C=O) groups excluding carboxylic acids is 1. The van der Waals surface area contributed by atoms with Crippen LogP contribution in [0.5, 0.6) is 0 Å². The van der Waals surface area contributed by atoms with E-state index in [1.807, 2.05) is 25.1 Å². The van der Waals surface area contributed by atoms with Gasteiger partial charge in [0.2, 0.25) is 0 Å². The molecule has 0 aliphatic rings. The zero-order chi connectivity index (χ0) is 10.0. The van der Waals surface area contributed by atoms with Crippen molar-refractivity contribution in [2.75, 3.05) is 0 Å². The monoisotopic (exact) mass is 238 g/mol. The van der Waals surface area contributed by atoms with Crippen molar-refractivity contribution in [3.8, 4) is 0 Å². The van der Waals surface area contributed by atoms with Gasteiger partial charge in [-0.05, 0) is 31.6 Å². The molecule has 0 saturated carbocycles. The van der Waals surface area contributed by atoms with Gasteiger partial charge in [0.1, 0.15) is 0 Å². The van der Waals surface area contributed by atoms with Crippen molar-refractivity contribution < 1.29 is 4.79 Å². The van der Waals surface area contributed by atoms with Crippen LogP contribution in [0.3, 0.4) is 0 Å². The lowest BCUT2D eigenvalue weighted by molar-refractivity contribution is 0.103. The molecule has 0 spiro atoms. The van der Waals surface area contributed by atoms with Crippen LogP contribution >= 0.6 is 15.9 Å². The molecule has 0 bridgehead atoms. The third-order valence-electron chi connectivity index (χ3n) is 1.75. The van der Waals surface area contributed by atoms with Crippen molar-refractivity contribution in [1.29, 1.82) is 0 Å². The maximum absolute atomic E-state index is 11.6. The molecular weight excluding hydrogens is 228 g/mol. The lowest BCUT2D eigenvalue weighted by atomic mass is 10.0. The molecule has 0 amide bonds. The Hall–Kier alpha value is -0.890. The van der Waals surface area contributed by atoms with Crippen LogP contribution in [-0.4, -0.2) is 5.78 Å². The predicted molar refractivity (Wildman–Crippen MR) is 58.0 cm³/mol. The van der Waals surface area contributed by atoms with E-state index in [-0.39, 0.29) is 5.78 Å². The molecule has 1 rings (SSSR count). The molecule has 0 atom stereocenters. The lowest BCUT2D eigenvalue weighted by Gasteiger charge is -2.03. The second-order valence-electron chi connectivity index (χ2n) is 3.09. The first kappa shape index (κ1) is 10.2. The van der Waals surface area contributed by atoms with Gasteiger partial charge < -0.3 is 0 Å². The fourth-order valence-corrected chi connectivity index (χ4v) is 1.47. The van der Waals surface area contributed by atoms with E-state index in [1.165, 1.54) is 0 Å². The first-order valence-corrected chi connectivity index (χ1v) is 4.78. The molecule has 13 heavy (non-hydrogen) atoms. The lowest BCUT2D eigenvalue weighted by Crippen LogP contribution is -2.00.